The van der Waals surface area contributed by atoms with E-state index in [1.807, 2.05) is 13.0 Å². The molecule has 0 saturated carbocycles. The molecule has 1 unspecified atom stereocenters. The predicted molar refractivity (Wildman–Crippen MR) is 50.0 cm³/mol. The van der Waals surface area contributed by atoms with Crippen molar-refractivity contribution < 1.29 is 14.9 Å². The van der Waals surface area contributed by atoms with E-state index >= 15 is 0 Å². The second-order valence-corrected chi connectivity index (χ2v) is 3.31. The lowest BCUT2D eigenvalue weighted by atomic mass is 10.0. The van der Waals surface area contributed by atoms with Gasteiger partial charge in [0.05, 0.1) is 6.10 Å². The zero-order chi connectivity index (χ0) is 9.68. The van der Waals surface area contributed by atoms with Gasteiger partial charge in [0, 0.05) is 0 Å². The van der Waals surface area contributed by atoms with Crippen molar-refractivity contribution in [1.82, 2.24) is 0 Å². The van der Waals surface area contributed by atoms with Crippen molar-refractivity contribution in [1.29, 1.82) is 0 Å². The van der Waals surface area contributed by atoms with Crippen molar-refractivity contribution in [3.05, 3.63) is 23.8 Å². The van der Waals surface area contributed by atoms with E-state index in [4.69, 9.17) is 9.78 Å². The molecule has 13 heavy (non-hydrogen) atoms. The maximum Gasteiger partial charge on any atom is 0.103 e. The molecule has 74 valence electrons. The Bertz CT molecular complexity index is 208. The van der Waals surface area contributed by atoms with Gasteiger partial charge in [-0.05, 0) is 25.3 Å². The third kappa shape index (κ3) is 3.72. The van der Waals surface area contributed by atoms with Crippen LogP contribution in [0.3, 0.4) is 0 Å². The van der Waals surface area contributed by atoms with Crippen LogP contribution in [0.4, 0.5) is 0 Å². The second kappa shape index (κ2) is 5.17. The maximum atomic E-state index is 9.46. The van der Waals surface area contributed by atoms with Crippen LogP contribution in [0.2, 0.25) is 0 Å². The van der Waals surface area contributed by atoms with Gasteiger partial charge in [-0.25, -0.2) is 9.78 Å². The molecule has 0 fully saturated rings. The summed E-state index contributed by atoms with van der Waals surface area (Å²) >= 11 is 0. The molecule has 0 bridgehead atoms. The monoisotopic (exact) mass is 184 g/mol. The second-order valence-electron chi connectivity index (χ2n) is 3.31. The SMILES string of the molecule is C=C(C)C(O)CCC1=CCOOC1. The molecule has 0 amide bonds. The number of rotatable bonds is 4. The topological polar surface area (TPSA) is 38.7 Å². The van der Waals surface area contributed by atoms with Crippen LogP contribution in [-0.2, 0) is 9.78 Å². The van der Waals surface area contributed by atoms with E-state index in [0.717, 1.165) is 12.0 Å². The number of hydrogen-bond donors (Lipinski definition) is 1. The first-order valence-electron chi connectivity index (χ1n) is 4.46. The summed E-state index contributed by atoms with van der Waals surface area (Å²) in [5, 5.41) is 9.46. The van der Waals surface area contributed by atoms with Gasteiger partial charge in [-0.2, -0.15) is 0 Å². The molecule has 0 aliphatic carbocycles. The molecule has 1 aliphatic heterocycles. The lowest BCUT2D eigenvalue weighted by Crippen LogP contribution is -2.12. The molecule has 0 saturated heterocycles. The minimum atomic E-state index is -0.399. The third-order valence-corrected chi connectivity index (χ3v) is 2.08. The van der Waals surface area contributed by atoms with Gasteiger partial charge in [0.15, 0.2) is 0 Å². The average molecular weight is 184 g/mol. The summed E-state index contributed by atoms with van der Waals surface area (Å²) in [4.78, 5) is 9.50. The van der Waals surface area contributed by atoms with Crippen LogP contribution in [0.15, 0.2) is 23.8 Å². The van der Waals surface area contributed by atoms with Gasteiger partial charge >= 0.3 is 0 Å². The Hall–Kier alpha value is -0.640. The molecular formula is C10H16O3. The van der Waals surface area contributed by atoms with Crippen LogP contribution in [0.1, 0.15) is 19.8 Å². The summed E-state index contributed by atoms with van der Waals surface area (Å²) in [6.45, 7) is 6.56. The predicted octanol–water partition coefficient (Wildman–Crippen LogP) is 1.59. The first-order chi connectivity index (χ1) is 6.20. The summed E-state index contributed by atoms with van der Waals surface area (Å²) in [7, 11) is 0. The summed E-state index contributed by atoms with van der Waals surface area (Å²) in [5.41, 5.74) is 2.00. The highest BCUT2D eigenvalue weighted by Crippen LogP contribution is 2.14. The molecule has 0 radical (unpaired) electrons. The minimum Gasteiger partial charge on any atom is -0.389 e. The molecule has 1 rings (SSSR count). The lowest BCUT2D eigenvalue weighted by Gasteiger charge is -2.15. The van der Waals surface area contributed by atoms with Crippen molar-refractivity contribution in [3.8, 4) is 0 Å². The fourth-order valence-electron chi connectivity index (χ4n) is 1.12. The Morgan fingerprint density at radius 2 is 2.46 bits per heavy atom. The fourth-order valence-corrected chi connectivity index (χ4v) is 1.12. The lowest BCUT2D eigenvalue weighted by molar-refractivity contribution is -0.286. The Kier molecular flexibility index (Phi) is 4.15. The zero-order valence-corrected chi connectivity index (χ0v) is 7.95. The van der Waals surface area contributed by atoms with Gasteiger partial charge in [0.1, 0.15) is 13.2 Å². The highest BCUT2D eigenvalue weighted by Gasteiger charge is 2.08. The Morgan fingerprint density at radius 1 is 1.69 bits per heavy atom. The molecule has 1 N–H and O–H groups in total. The molecule has 3 nitrogen and oxygen atoms in total. The quantitative estimate of drug-likeness (QED) is 0.532. The van der Waals surface area contributed by atoms with Gasteiger partial charge in [0.25, 0.3) is 0 Å². The van der Waals surface area contributed by atoms with Gasteiger partial charge < -0.3 is 5.11 Å². The van der Waals surface area contributed by atoms with Crippen molar-refractivity contribution >= 4 is 0 Å². The van der Waals surface area contributed by atoms with Gasteiger partial charge in [-0.1, -0.05) is 18.2 Å². The Morgan fingerprint density at radius 3 is 3.00 bits per heavy atom. The van der Waals surface area contributed by atoms with E-state index < -0.39 is 6.10 Å². The zero-order valence-electron chi connectivity index (χ0n) is 7.95. The normalized spacial score (nSPS) is 19.4. The third-order valence-electron chi connectivity index (χ3n) is 2.08. The minimum absolute atomic E-state index is 0.399. The molecule has 1 atom stereocenters. The largest absolute Gasteiger partial charge is 0.389 e. The van der Waals surface area contributed by atoms with Gasteiger partial charge in [0.2, 0.25) is 0 Å². The average Bonchev–Trinajstić information content (AvgIpc) is 2.15. The standard InChI is InChI=1S/C10H16O3/c1-8(2)10(11)4-3-9-5-6-12-13-7-9/h5,10-11H,1,3-4,6-7H2,2H3. The van der Waals surface area contributed by atoms with Crippen molar-refractivity contribution in [2.24, 2.45) is 0 Å². The maximum absolute atomic E-state index is 9.46. The first-order valence-corrected chi connectivity index (χ1v) is 4.46. The van der Waals surface area contributed by atoms with Crippen molar-refractivity contribution in [3.63, 3.8) is 0 Å². The number of hydrogen-bond acceptors (Lipinski definition) is 3. The van der Waals surface area contributed by atoms with Crippen molar-refractivity contribution in [2.45, 2.75) is 25.9 Å². The first kappa shape index (κ1) is 10.4. The van der Waals surface area contributed by atoms with Crippen LogP contribution >= 0.6 is 0 Å². The summed E-state index contributed by atoms with van der Waals surface area (Å²) in [6, 6.07) is 0. The van der Waals surface area contributed by atoms with Crippen LogP contribution in [0.25, 0.3) is 0 Å². The van der Waals surface area contributed by atoms with E-state index in [2.05, 4.69) is 6.58 Å². The van der Waals surface area contributed by atoms with E-state index in [0.29, 0.717) is 19.6 Å². The van der Waals surface area contributed by atoms with Gasteiger partial charge in [-0.3, -0.25) is 0 Å². The van der Waals surface area contributed by atoms with Gasteiger partial charge in [-0.15, -0.1) is 0 Å². The van der Waals surface area contributed by atoms with E-state index in [1.165, 1.54) is 5.57 Å². The van der Waals surface area contributed by atoms with E-state index in [-0.39, 0.29) is 0 Å². The fraction of sp³-hybridized carbons (Fsp3) is 0.600. The molecule has 0 aromatic heterocycles. The Balaban J connectivity index is 2.25. The highest BCUT2D eigenvalue weighted by atomic mass is 17.2. The summed E-state index contributed by atoms with van der Waals surface area (Å²) in [6.07, 6.45) is 3.15. The molecule has 1 aliphatic rings. The number of aliphatic hydroxyl groups is 1. The van der Waals surface area contributed by atoms with E-state index in [9.17, 15) is 5.11 Å². The molecule has 3 heteroatoms. The smallest absolute Gasteiger partial charge is 0.103 e. The highest BCUT2D eigenvalue weighted by molar-refractivity contribution is 5.06. The number of aliphatic hydroxyl groups excluding tert-OH is 1. The summed E-state index contributed by atoms with van der Waals surface area (Å²) in [5.74, 6) is 0. The van der Waals surface area contributed by atoms with Crippen LogP contribution < -0.4 is 0 Å². The van der Waals surface area contributed by atoms with Crippen LogP contribution in [-0.4, -0.2) is 24.4 Å². The Labute approximate surface area is 78.6 Å². The molecule has 1 heterocycles. The van der Waals surface area contributed by atoms with Crippen LogP contribution in [0, 0.1) is 0 Å². The summed E-state index contributed by atoms with van der Waals surface area (Å²) < 4.78 is 0. The molecule has 0 spiro atoms. The molecule has 0 aromatic carbocycles. The van der Waals surface area contributed by atoms with Crippen LogP contribution in [0.5, 0.6) is 0 Å². The van der Waals surface area contributed by atoms with Crippen molar-refractivity contribution in [2.75, 3.05) is 13.2 Å². The van der Waals surface area contributed by atoms with E-state index in [1.54, 1.807) is 0 Å². The molecule has 0 aromatic rings. The molecular weight excluding hydrogens is 168 g/mol.